The Morgan fingerprint density at radius 2 is 2.06 bits per heavy atom. The van der Waals surface area contributed by atoms with Gasteiger partial charge >= 0.3 is 0 Å². The fourth-order valence-corrected chi connectivity index (χ4v) is 3.10. The van der Waals surface area contributed by atoms with Gasteiger partial charge in [0, 0.05) is 19.3 Å². The van der Waals surface area contributed by atoms with Crippen LogP contribution in [0.3, 0.4) is 0 Å². The van der Waals surface area contributed by atoms with Gasteiger partial charge in [-0.05, 0) is 50.0 Å². The van der Waals surface area contributed by atoms with Gasteiger partial charge in [0.1, 0.15) is 0 Å². The Morgan fingerprint density at radius 1 is 1.19 bits per heavy atom. The van der Waals surface area contributed by atoms with E-state index in [0.717, 1.165) is 37.0 Å². The highest BCUT2D eigenvalue weighted by atomic mass is 16.5. The Bertz CT molecular complexity index is 201. The molecule has 0 bridgehead atoms. The molecule has 0 aromatic heterocycles. The van der Waals surface area contributed by atoms with Crippen LogP contribution in [0.2, 0.25) is 0 Å². The summed E-state index contributed by atoms with van der Waals surface area (Å²) in [4.78, 5) is 0. The lowest BCUT2D eigenvalue weighted by Gasteiger charge is -2.33. The van der Waals surface area contributed by atoms with Crippen LogP contribution in [0.25, 0.3) is 0 Å². The van der Waals surface area contributed by atoms with E-state index in [4.69, 9.17) is 4.74 Å². The lowest BCUT2D eigenvalue weighted by Crippen LogP contribution is -2.40. The number of nitrogens with one attached hydrogen (secondary N) is 1. The van der Waals surface area contributed by atoms with Gasteiger partial charge in [-0.25, -0.2) is 0 Å². The van der Waals surface area contributed by atoms with E-state index in [1.54, 1.807) is 0 Å². The normalized spacial score (nSPS) is 40.1. The van der Waals surface area contributed by atoms with Gasteiger partial charge in [-0.2, -0.15) is 0 Å². The molecule has 2 nitrogen and oxygen atoms in total. The zero-order valence-corrected chi connectivity index (χ0v) is 10.9. The summed E-state index contributed by atoms with van der Waals surface area (Å²) in [6.45, 7) is 7.98. The number of rotatable bonds is 4. The van der Waals surface area contributed by atoms with Crippen molar-refractivity contribution in [2.24, 2.45) is 17.8 Å². The van der Waals surface area contributed by atoms with E-state index in [1.807, 2.05) is 0 Å². The molecule has 0 spiro atoms. The van der Waals surface area contributed by atoms with Crippen LogP contribution in [0.15, 0.2) is 0 Å². The van der Waals surface area contributed by atoms with Gasteiger partial charge in [0.2, 0.25) is 0 Å². The van der Waals surface area contributed by atoms with Gasteiger partial charge in [-0.1, -0.05) is 20.3 Å². The first-order valence-corrected chi connectivity index (χ1v) is 7.07. The van der Waals surface area contributed by atoms with E-state index in [1.165, 1.54) is 38.6 Å². The van der Waals surface area contributed by atoms with Crippen LogP contribution in [-0.4, -0.2) is 25.8 Å². The maximum Gasteiger partial charge on any atom is 0.0495 e. The third-order valence-corrected chi connectivity index (χ3v) is 4.44. The molecule has 2 heteroatoms. The largest absolute Gasteiger partial charge is 0.381 e. The molecule has 0 radical (unpaired) electrons. The summed E-state index contributed by atoms with van der Waals surface area (Å²) in [7, 11) is 0. The van der Waals surface area contributed by atoms with Crippen molar-refractivity contribution in [2.75, 3.05) is 19.8 Å². The Kier molecular flexibility index (Phi) is 4.66. The minimum absolute atomic E-state index is 0.770. The van der Waals surface area contributed by atoms with E-state index in [2.05, 4.69) is 19.2 Å². The molecule has 4 atom stereocenters. The van der Waals surface area contributed by atoms with Crippen molar-refractivity contribution < 1.29 is 4.74 Å². The molecule has 4 unspecified atom stereocenters. The van der Waals surface area contributed by atoms with Crippen LogP contribution < -0.4 is 5.32 Å². The molecule has 1 saturated carbocycles. The monoisotopic (exact) mass is 225 g/mol. The topological polar surface area (TPSA) is 21.3 Å². The molecule has 0 aromatic carbocycles. The van der Waals surface area contributed by atoms with Crippen LogP contribution in [0.5, 0.6) is 0 Å². The van der Waals surface area contributed by atoms with Crippen molar-refractivity contribution in [1.29, 1.82) is 0 Å². The molecular weight excluding hydrogens is 198 g/mol. The van der Waals surface area contributed by atoms with Crippen molar-refractivity contribution in [2.45, 2.75) is 52.0 Å². The highest BCUT2D eigenvalue weighted by molar-refractivity contribution is 4.81. The van der Waals surface area contributed by atoms with Crippen molar-refractivity contribution in [3.8, 4) is 0 Å². The summed E-state index contributed by atoms with van der Waals surface area (Å²) in [5.41, 5.74) is 0. The lowest BCUT2D eigenvalue weighted by atomic mass is 9.80. The summed E-state index contributed by atoms with van der Waals surface area (Å²) >= 11 is 0. The van der Waals surface area contributed by atoms with E-state index in [-0.39, 0.29) is 0 Å². The first kappa shape index (κ1) is 12.4. The minimum Gasteiger partial charge on any atom is -0.381 e. The molecule has 1 aliphatic heterocycles. The van der Waals surface area contributed by atoms with Crippen LogP contribution >= 0.6 is 0 Å². The molecule has 94 valence electrons. The second-order valence-electron chi connectivity index (χ2n) is 5.97. The zero-order chi connectivity index (χ0) is 11.4. The SMILES string of the molecule is CC1CCC(C)C(NCCC2CCOC2)C1. The number of ether oxygens (including phenoxy) is 1. The third-order valence-electron chi connectivity index (χ3n) is 4.44. The third kappa shape index (κ3) is 3.46. The number of hydrogen-bond acceptors (Lipinski definition) is 2. The zero-order valence-electron chi connectivity index (χ0n) is 10.9. The van der Waals surface area contributed by atoms with Gasteiger partial charge in [0.15, 0.2) is 0 Å². The summed E-state index contributed by atoms with van der Waals surface area (Å²) in [6, 6.07) is 0.770. The van der Waals surface area contributed by atoms with Crippen LogP contribution in [-0.2, 0) is 4.74 Å². The summed E-state index contributed by atoms with van der Waals surface area (Å²) in [6.07, 6.45) is 6.79. The summed E-state index contributed by atoms with van der Waals surface area (Å²) in [5, 5.41) is 3.77. The van der Waals surface area contributed by atoms with Gasteiger partial charge in [0.05, 0.1) is 0 Å². The first-order valence-electron chi connectivity index (χ1n) is 7.07. The predicted molar refractivity (Wildman–Crippen MR) is 67.5 cm³/mol. The highest BCUT2D eigenvalue weighted by Crippen LogP contribution is 2.28. The molecule has 1 saturated heterocycles. The van der Waals surface area contributed by atoms with Crippen LogP contribution in [0.4, 0.5) is 0 Å². The first-order chi connectivity index (χ1) is 7.75. The lowest BCUT2D eigenvalue weighted by molar-refractivity contribution is 0.182. The quantitative estimate of drug-likeness (QED) is 0.794. The maximum atomic E-state index is 5.41. The molecule has 2 fully saturated rings. The van der Waals surface area contributed by atoms with Crippen molar-refractivity contribution in [3.05, 3.63) is 0 Å². The van der Waals surface area contributed by atoms with E-state index in [9.17, 15) is 0 Å². The molecule has 0 amide bonds. The fourth-order valence-electron chi connectivity index (χ4n) is 3.10. The Hall–Kier alpha value is -0.0800. The molecule has 2 aliphatic rings. The van der Waals surface area contributed by atoms with Crippen molar-refractivity contribution >= 4 is 0 Å². The van der Waals surface area contributed by atoms with Crippen molar-refractivity contribution in [1.82, 2.24) is 5.32 Å². The Morgan fingerprint density at radius 3 is 2.81 bits per heavy atom. The minimum atomic E-state index is 0.770. The predicted octanol–water partition coefficient (Wildman–Crippen LogP) is 2.83. The molecule has 1 aliphatic carbocycles. The van der Waals surface area contributed by atoms with Gasteiger partial charge in [-0.3, -0.25) is 0 Å². The van der Waals surface area contributed by atoms with Crippen LogP contribution in [0.1, 0.15) is 46.0 Å². The smallest absolute Gasteiger partial charge is 0.0495 e. The molecule has 1 N–H and O–H groups in total. The molecule has 16 heavy (non-hydrogen) atoms. The molecular formula is C14H27NO. The maximum absolute atomic E-state index is 5.41. The summed E-state index contributed by atoms with van der Waals surface area (Å²) < 4.78 is 5.41. The molecule has 0 aromatic rings. The highest BCUT2D eigenvalue weighted by Gasteiger charge is 2.25. The van der Waals surface area contributed by atoms with Crippen molar-refractivity contribution in [3.63, 3.8) is 0 Å². The Labute approximate surface area is 100 Å². The van der Waals surface area contributed by atoms with Gasteiger partial charge in [0.25, 0.3) is 0 Å². The average Bonchev–Trinajstić information content (AvgIpc) is 2.76. The van der Waals surface area contributed by atoms with E-state index < -0.39 is 0 Å². The number of hydrogen-bond donors (Lipinski definition) is 1. The standard InChI is InChI=1S/C14H27NO/c1-11-3-4-12(2)14(9-11)15-7-5-13-6-8-16-10-13/h11-15H,3-10H2,1-2H3. The second-order valence-corrected chi connectivity index (χ2v) is 5.97. The second kappa shape index (κ2) is 6.02. The van der Waals surface area contributed by atoms with E-state index in [0.29, 0.717) is 0 Å². The summed E-state index contributed by atoms with van der Waals surface area (Å²) in [5.74, 6) is 2.61. The average molecular weight is 225 g/mol. The fraction of sp³-hybridized carbons (Fsp3) is 1.00. The van der Waals surface area contributed by atoms with E-state index >= 15 is 0 Å². The van der Waals surface area contributed by atoms with Gasteiger partial charge < -0.3 is 10.1 Å². The Balaban J connectivity index is 1.63. The van der Waals surface area contributed by atoms with Crippen LogP contribution in [0, 0.1) is 17.8 Å². The molecule has 2 rings (SSSR count). The molecule has 1 heterocycles. The van der Waals surface area contributed by atoms with Gasteiger partial charge in [-0.15, -0.1) is 0 Å².